The number of para-hydroxylation sites is 2. The minimum atomic E-state index is -1.07. The number of imidazole rings is 1. The van der Waals surface area contributed by atoms with Gasteiger partial charge in [-0.15, -0.1) is 0 Å². The number of carboxylic acids is 1. The standard InChI is InChI=1S/C33H30N2O3/c1-3-9-23(22-10-5-4-6-11-22)20-31(36)24-15-17-25(28(19-24)33(37)38)27-18-21(2)14-16-26(27)32-34-29-12-7-8-13-30(29)35-32/h4-8,10-19,23H,3,9,20H2,1-2H3,(H,34,35)(H,37,38)/t23-/m0/s1. The number of nitrogens with zero attached hydrogens (tertiary/aromatic N) is 1. The lowest BCUT2D eigenvalue weighted by atomic mass is 9.87. The van der Waals surface area contributed by atoms with Crippen molar-refractivity contribution >= 4 is 22.8 Å². The molecule has 0 radical (unpaired) electrons. The Labute approximate surface area is 222 Å². The summed E-state index contributed by atoms with van der Waals surface area (Å²) in [4.78, 5) is 33.9. The van der Waals surface area contributed by atoms with Gasteiger partial charge in [-0.1, -0.05) is 91.7 Å². The van der Waals surface area contributed by atoms with E-state index in [-0.39, 0.29) is 17.3 Å². The molecule has 0 bridgehead atoms. The number of fused-ring (bicyclic) bond motifs is 1. The predicted octanol–water partition coefficient (Wildman–Crippen LogP) is 8.06. The zero-order chi connectivity index (χ0) is 26.6. The van der Waals surface area contributed by atoms with Crippen LogP contribution in [0.3, 0.4) is 0 Å². The molecule has 0 unspecified atom stereocenters. The molecule has 38 heavy (non-hydrogen) atoms. The van der Waals surface area contributed by atoms with Crippen molar-refractivity contribution in [3.63, 3.8) is 0 Å². The van der Waals surface area contributed by atoms with Gasteiger partial charge in [-0.05, 0) is 54.2 Å². The molecule has 1 atom stereocenters. The number of H-pyrrole nitrogens is 1. The van der Waals surface area contributed by atoms with Crippen LogP contribution in [-0.4, -0.2) is 26.8 Å². The van der Waals surface area contributed by atoms with Gasteiger partial charge >= 0.3 is 5.97 Å². The summed E-state index contributed by atoms with van der Waals surface area (Å²) in [6.07, 6.45) is 2.19. The van der Waals surface area contributed by atoms with Crippen LogP contribution < -0.4 is 0 Å². The monoisotopic (exact) mass is 502 g/mol. The number of hydrogen-bond donors (Lipinski definition) is 2. The van der Waals surface area contributed by atoms with Gasteiger partial charge in [0.2, 0.25) is 0 Å². The number of carbonyl (C=O) groups excluding carboxylic acids is 1. The maximum Gasteiger partial charge on any atom is 0.336 e. The number of hydrogen-bond acceptors (Lipinski definition) is 3. The molecule has 4 aromatic carbocycles. The molecule has 5 heteroatoms. The average Bonchev–Trinajstić information content (AvgIpc) is 3.37. The van der Waals surface area contributed by atoms with Gasteiger partial charge in [0, 0.05) is 17.5 Å². The largest absolute Gasteiger partial charge is 0.478 e. The van der Waals surface area contributed by atoms with E-state index in [1.165, 1.54) is 6.07 Å². The molecule has 1 aromatic heterocycles. The quantitative estimate of drug-likeness (QED) is 0.200. The second-order valence-corrected chi connectivity index (χ2v) is 9.74. The molecule has 0 aliphatic carbocycles. The molecule has 2 N–H and O–H groups in total. The maximum atomic E-state index is 13.4. The average molecular weight is 503 g/mol. The Morgan fingerprint density at radius 1 is 0.868 bits per heavy atom. The van der Waals surface area contributed by atoms with Crippen LogP contribution >= 0.6 is 0 Å². The van der Waals surface area contributed by atoms with Crippen molar-refractivity contribution in [1.29, 1.82) is 0 Å². The summed E-state index contributed by atoms with van der Waals surface area (Å²) in [5.74, 6) is -0.357. The molecule has 5 nitrogen and oxygen atoms in total. The lowest BCUT2D eigenvalue weighted by Gasteiger charge is -2.17. The maximum absolute atomic E-state index is 13.4. The molecule has 0 aliphatic rings. The first-order valence-electron chi connectivity index (χ1n) is 13.0. The van der Waals surface area contributed by atoms with E-state index in [4.69, 9.17) is 4.98 Å². The van der Waals surface area contributed by atoms with Crippen molar-refractivity contribution in [3.05, 3.63) is 113 Å². The molecule has 0 fully saturated rings. The fourth-order valence-electron chi connectivity index (χ4n) is 5.10. The topological polar surface area (TPSA) is 83.0 Å². The number of benzene rings is 4. The Kier molecular flexibility index (Phi) is 7.18. The highest BCUT2D eigenvalue weighted by Crippen LogP contribution is 2.36. The van der Waals surface area contributed by atoms with E-state index in [0.717, 1.165) is 46.1 Å². The number of ketones is 1. The summed E-state index contributed by atoms with van der Waals surface area (Å²) in [5.41, 5.74) is 6.53. The number of nitrogens with one attached hydrogen (secondary N) is 1. The van der Waals surface area contributed by atoms with Crippen molar-refractivity contribution in [2.45, 2.75) is 39.0 Å². The SMILES string of the molecule is CCC[C@@H](CC(=O)c1ccc(-c2cc(C)ccc2-c2nc3ccccc3[nH]2)c(C(=O)O)c1)c1ccccc1. The number of aromatic carboxylic acids is 1. The summed E-state index contributed by atoms with van der Waals surface area (Å²) in [5, 5.41) is 10.2. The number of aryl methyl sites for hydroxylation is 1. The lowest BCUT2D eigenvalue weighted by molar-refractivity contribution is 0.0697. The van der Waals surface area contributed by atoms with Crippen LogP contribution in [-0.2, 0) is 0 Å². The van der Waals surface area contributed by atoms with Crippen LogP contribution in [0.1, 0.15) is 63.9 Å². The highest BCUT2D eigenvalue weighted by molar-refractivity contribution is 6.04. The second-order valence-electron chi connectivity index (χ2n) is 9.74. The Morgan fingerprint density at radius 2 is 1.61 bits per heavy atom. The van der Waals surface area contributed by atoms with Gasteiger partial charge in [-0.2, -0.15) is 0 Å². The number of carboxylic acid groups (broad SMARTS) is 1. The van der Waals surface area contributed by atoms with E-state index in [9.17, 15) is 14.7 Å². The van der Waals surface area contributed by atoms with Gasteiger partial charge in [0.25, 0.3) is 0 Å². The molecule has 0 spiro atoms. The van der Waals surface area contributed by atoms with Crippen LogP contribution in [0.25, 0.3) is 33.5 Å². The van der Waals surface area contributed by atoms with Gasteiger partial charge in [-0.3, -0.25) is 4.79 Å². The molecule has 0 amide bonds. The van der Waals surface area contributed by atoms with E-state index < -0.39 is 5.97 Å². The third-order valence-electron chi connectivity index (χ3n) is 7.02. The predicted molar refractivity (Wildman–Crippen MR) is 152 cm³/mol. The highest BCUT2D eigenvalue weighted by Gasteiger charge is 2.22. The number of rotatable bonds is 9. The van der Waals surface area contributed by atoms with Crippen LogP contribution in [0.15, 0.2) is 91.0 Å². The van der Waals surface area contributed by atoms with Crippen molar-refractivity contribution in [2.24, 2.45) is 0 Å². The third kappa shape index (κ3) is 5.14. The summed E-state index contributed by atoms with van der Waals surface area (Å²) in [6.45, 7) is 4.08. The molecular formula is C33H30N2O3. The molecular weight excluding hydrogens is 472 g/mol. The molecule has 190 valence electrons. The number of Topliss-reactive ketones (excluding diaryl/α,β-unsaturated/α-hetero) is 1. The fourth-order valence-corrected chi connectivity index (χ4v) is 5.10. The third-order valence-corrected chi connectivity index (χ3v) is 7.02. The van der Waals surface area contributed by atoms with E-state index >= 15 is 0 Å². The summed E-state index contributed by atoms with van der Waals surface area (Å²) >= 11 is 0. The van der Waals surface area contributed by atoms with Crippen molar-refractivity contribution in [3.8, 4) is 22.5 Å². The van der Waals surface area contributed by atoms with Crippen LogP contribution in [0.5, 0.6) is 0 Å². The van der Waals surface area contributed by atoms with E-state index in [0.29, 0.717) is 23.4 Å². The van der Waals surface area contributed by atoms with Crippen LogP contribution in [0.2, 0.25) is 0 Å². The first kappa shape index (κ1) is 25.2. The van der Waals surface area contributed by atoms with Crippen molar-refractivity contribution < 1.29 is 14.7 Å². The number of aromatic nitrogens is 2. The molecule has 5 aromatic rings. The van der Waals surface area contributed by atoms with E-state index in [1.54, 1.807) is 12.1 Å². The number of carbonyl (C=O) groups is 2. The van der Waals surface area contributed by atoms with Gasteiger partial charge in [0.1, 0.15) is 5.82 Å². The Bertz CT molecular complexity index is 1590. The zero-order valence-electron chi connectivity index (χ0n) is 21.6. The minimum absolute atomic E-state index is 0.0527. The summed E-state index contributed by atoms with van der Waals surface area (Å²) < 4.78 is 0. The summed E-state index contributed by atoms with van der Waals surface area (Å²) in [6, 6.07) is 28.8. The summed E-state index contributed by atoms with van der Waals surface area (Å²) in [7, 11) is 0. The van der Waals surface area contributed by atoms with Crippen LogP contribution in [0.4, 0.5) is 0 Å². The minimum Gasteiger partial charge on any atom is -0.478 e. The Hall–Kier alpha value is -4.51. The second kappa shape index (κ2) is 10.9. The molecule has 0 aliphatic heterocycles. The molecule has 0 saturated heterocycles. The van der Waals surface area contributed by atoms with Gasteiger partial charge < -0.3 is 10.1 Å². The van der Waals surface area contributed by atoms with Gasteiger partial charge in [0.05, 0.1) is 16.6 Å². The Balaban J connectivity index is 1.54. The van der Waals surface area contributed by atoms with E-state index in [2.05, 4.69) is 24.0 Å². The smallest absolute Gasteiger partial charge is 0.336 e. The molecule has 0 saturated carbocycles. The normalized spacial score (nSPS) is 11.9. The first-order valence-corrected chi connectivity index (χ1v) is 13.0. The van der Waals surface area contributed by atoms with E-state index in [1.807, 2.05) is 67.6 Å². The fraction of sp³-hybridized carbons (Fsp3) is 0.182. The van der Waals surface area contributed by atoms with Crippen molar-refractivity contribution in [1.82, 2.24) is 9.97 Å². The van der Waals surface area contributed by atoms with Gasteiger partial charge in [-0.25, -0.2) is 9.78 Å². The Morgan fingerprint density at radius 3 is 2.34 bits per heavy atom. The molecule has 1 heterocycles. The molecule has 5 rings (SSSR count). The van der Waals surface area contributed by atoms with Crippen LogP contribution in [0, 0.1) is 6.92 Å². The van der Waals surface area contributed by atoms with Crippen molar-refractivity contribution in [2.75, 3.05) is 0 Å². The lowest BCUT2D eigenvalue weighted by Crippen LogP contribution is -2.10. The first-order chi connectivity index (χ1) is 18.4. The highest BCUT2D eigenvalue weighted by atomic mass is 16.4. The van der Waals surface area contributed by atoms with Gasteiger partial charge in [0.15, 0.2) is 5.78 Å². The zero-order valence-corrected chi connectivity index (χ0v) is 21.6. The number of aromatic amines is 1.